The second kappa shape index (κ2) is 6.04. The van der Waals surface area contributed by atoms with Crippen molar-refractivity contribution >= 4 is 45.4 Å². The van der Waals surface area contributed by atoms with E-state index in [2.05, 4.69) is 21.2 Å². The Kier molecular flexibility index (Phi) is 4.37. The van der Waals surface area contributed by atoms with E-state index in [4.69, 9.17) is 0 Å². The molecule has 21 heavy (non-hydrogen) atoms. The Morgan fingerprint density at radius 3 is 2.43 bits per heavy atom. The minimum Gasteiger partial charge on any atom is -0.324 e. The highest BCUT2D eigenvalue weighted by Gasteiger charge is 2.44. The van der Waals surface area contributed by atoms with Gasteiger partial charge in [0.1, 0.15) is 6.54 Å². The summed E-state index contributed by atoms with van der Waals surface area (Å²) in [7, 11) is 0. The normalized spacial score (nSPS) is 14.9. The van der Waals surface area contributed by atoms with E-state index in [1.165, 1.54) is 0 Å². The summed E-state index contributed by atoms with van der Waals surface area (Å²) >= 11 is 3.26. The third-order valence-corrected chi connectivity index (χ3v) is 3.35. The molecule has 1 aliphatic heterocycles. The molecule has 0 bridgehead atoms. The number of anilines is 1. The number of carbonyl (C=O) groups excluding carboxylic acids is 4. The van der Waals surface area contributed by atoms with Crippen molar-refractivity contribution in [1.82, 2.24) is 9.80 Å². The topological polar surface area (TPSA) is 86.8 Å². The lowest BCUT2D eigenvalue weighted by molar-refractivity contribution is -0.143. The molecule has 2 rings (SSSR count). The van der Waals surface area contributed by atoms with Crippen LogP contribution in [0, 0.1) is 0 Å². The van der Waals surface area contributed by atoms with Gasteiger partial charge in [-0.3, -0.25) is 19.3 Å². The molecule has 1 aromatic carbocycles. The number of carbonyl (C=O) groups is 4. The number of hydrogen-bond donors (Lipinski definition) is 1. The first kappa shape index (κ1) is 15.2. The zero-order chi connectivity index (χ0) is 15.6. The van der Waals surface area contributed by atoms with E-state index in [0.717, 1.165) is 9.37 Å². The Hall–Kier alpha value is -2.22. The molecule has 1 fully saturated rings. The molecule has 0 spiro atoms. The van der Waals surface area contributed by atoms with Gasteiger partial charge in [0.2, 0.25) is 5.91 Å². The molecular formula is C13H12BrN3O4. The largest absolute Gasteiger partial charge is 0.334 e. The number of likely N-dealkylation sites (N-methyl/N-ethyl adjacent to an activating group) is 1. The molecule has 0 atom stereocenters. The Morgan fingerprint density at radius 2 is 1.86 bits per heavy atom. The van der Waals surface area contributed by atoms with E-state index in [1.807, 2.05) is 0 Å². The summed E-state index contributed by atoms with van der Waals surface area (Å²) < 4.78 is 0.779. The van der Waals surface area contributed by atoms with E-state index in [-0.39, 0.29) is 6.54 Å². The zero-order valence-electron chi connectivity index (χ0n) is 11.1. The van der Waals surface area contributed by atoms with Crippen LogP contribution in [0.5, 0.6) is 0 Å². The summed E-state index contributed by atoms with van der Waals surface area (Å²) in [5, 5.41) is 2.55. The highest BCUT2D eigenvalue weighted by atomic mass is 79.9. The average molecular weight is 354 g/mol. The molecule has 5 amide bonds. The predicted octanol–water partition coefficient (Wildman–Crippen LogP) is 1.20. The second-order valence-corrected chi connectivity index (χ2v) is 5.20. The molecule has 1 aromatic rings. The Morgan fingerprint density at radius 1 is 1.19 bits per heavy atom. The Balaban J connectivity index is 2.05. The molecular weight excluding hydrogens is 342 g/mol. The Labute approximate surface area is 129 Å². The number of nitrogens with one attached hydrogen (secondary N) is 1. The molecule has 1 N–H and O–H groups in total. The van der Waals surface area contributed by atoms with Gasteiger partial charge in [-0.2, -0.15) is 0 Å². The minimum atomic E-state index is -0.980. The van der Waals surface area contributed by atoms with Gasteiger partial charge in [0.25, 0.3) is 0 Å². The highest BCUT2D eigenvalue weighted by Crippen LogP contribution is 2.16. The number of benzene rings is 1. The van der Waals surface area contributed by atoms with Crippen molar-refractivity contribution < 1.29 is 19.2 Å². The number of halogens is 1. The fourth-order valence-corrected chi connectivity index (χ4v) is 2.28. The summed E-state index contributed by atoms with van der Waals surface area (Å²) in [6, 6.07) is 6.10. The predicted molar refractivity (Wildman–Crippen MR) is 77.3 cm³/mol. The number of urea groups is 1. The molecule has 0 aromatic heterocycles. The minimum absolute atomic E-state index is 0.0904. The number of rotatable bonds is 4. The molecule has 8 heteroatoms. The molecule has 0 aliphatic carbocycles. The molecule has 7 nitrogen and oxygen atoms in total. The van der Waals surface area contributed by atoms with Crippen LogP contribution in [0.15, 0.2) is 28.7 Å². The van der Waals surface area contributed by atoms with Gasteiger partial charge in [0.15, 0.2) is 0 Å². The van der Waals surface area contributed by atoms with Crippen molar-refractivity contribution in [2.24, 2.45) is 0 Å². The van der Waals surface area contributed by atoms with E-state index >= 15 is 0 Å². The first-order chi connectivity index (χ1) is 9.93. The third-order valence-electron chi connectivity index (χ3n) is 2.86. The average Bonchev–Trinajstić information content (AvgIpc) is 2.62. The van der Waals surface area contributed by atoms with Gasteiger partial charge in [0.05, 0.1) is 0 Å². The van der Waals surface area contributed by atoms with Gasteiger partial charge in [0, 0.05) is 16.7 Å². The molecule has 0 saturated carbocycles. The molecule has 1 heterocycles. The van der Waals surface area contributed by atoms with Gasteiger partial charge in [-0.15, -0.1) is 0 Å². The first-order valence-electron chi connectivity index (χ1n) is 6.16. The SMILES string of the molecule is CCN1C(=O)C(=O)N(CC(=O)Nc2cccc(Br)c2)C1=O. The number of imide groups is 2. The van der Waals surface area contributed by atoms with Crippen LogP contribution in [0.2, 0.25) is 0 Å². The van der Waals surface area contributed by atoms with Gasteiger partial charge < -0.3 is 5.32 Å². The van der Waals surface area contributed by atoms with Crippen LogP contribution < -0.4 is 5.32 Å². The first-order valence-corrected chi connectivity index (χ1v) is 6.96. The van der Waals surface area contributed by atoms with Crippen LogP contribution in [0.25, 0.3) is 0 Å². The Bertz CT molecular complexity index is 632. The van der Waals surface area contributed by atoms with Gasteiger partial charge in [-0.05, 0) is 25.1 Å². The number of amides is 5. The smallest absolute Gasteiger partial charge is 0.324 e. The fraction of sp³-hybridized carbons (Fsp3) is 0.231. The van der Waals surface area contributed by atoms with E-state index in [9.17, 15) is 19.2 Å². The monoisotopic (exact) mass is 353 g/mol. The second-order valence-electron chi connectivity index (χ2n) is 4.28. The molecule has 110 valence electrons. The molecule has 0 unspecified atom stereocenters. The van der Waals surface area contributed by atoms with Crippen LogP contribution >= 0.6 is 15.9 Å². The van der Waals surface area contributed by atoms with E-state index < -0.39 is 30.3 Å². The maximum atomic E-state index is 11.9. The zero-order valence-corrected chi connectivity index (χ0v) is 12.7. The van der Waals surface area contributed by atoms with Crippen molar-refractivity contribution in [3.63, 3.8) is 0 Å². The van der Waals surface area contributed by atoms with Crippen LogP contribution in [0.1, 0.15) is 6.92 Å². The molecule has 0 radical (unpaired) electrons. The van der Waals surface area contributed by atoms with Crippen molar-refractivity contribution in [3.8, 4) is 0 Å². The lowest BCUT2D eigenvalue weighted by Crippen LogP contribution is -2.38. The molecule has 1 saturated heterocycles. The van der Waals surface area contributed by atoms with Gasteiger partial charge in [-0.25, -0.2) is 9.69 Å². The van der Waals surface area contributed by atoms with Crippen LogP contribution in [0.4, 0.5) is 10.5 Å². The maximum absolute atomic E-state index is 11.9. The summed E-state index contributed by atoms with van der Waals surface area (Å²) in [6.45, 7) is 1.17. The van der Waals surface area contributed by atoms with Gasteiger partial charge in [-0.1, -0.05) is 22.0 Å². The third kappa shape index (κ3) is 3.10. The van der Waals surface area contributed by atoms with Crippen molar-refractivity contribution in [2.75, 3.05) is 18.4 Å². The van der Waals surface area contributed by atoms with Gasteiger partial charge >= 0.3 is 17.8 Å². The lowest BCUT2D eigenvalue weighted by Gasteiger charge is -2.14. The van der Waals surface area contributed by atoms with Crippen LogP contribution in [-0.4, -0.2) is 46.6 Å². The highest BCUT2D eigenvalue weighted by molar-refractivity contribution is 9.10. The summed E-state index contributed by atoms with van der Waals surface area (Å²) in [4.78, 5) is 48.3. The van der Waals surface area contributed by atoms with Crippen molar-refractivity contribution in [1.29, 1.82) is 0 Å². The van der Waals surface area contributed by atoms with E-state index in [0.29, 0.717) is 10.6 Å². The van der Waals surface area contributed by atoms with Crippen LogP contribution in [-0.2, 0) is 14.4 Å². The lowest BCUT2D eigenvalue weighted by atomic mass is 10.3. The van der Waals surface area contributed by atoms with Crippen molar-refractivity contribution in [3.05, 3.63) is 28.7 Å². The summed E-state index contributed by atoms with van der Waals surface area (Å²) in [6.07, 6.45) is 0. The maximum Gasteiger partial charge on any atom is 0.334 e. The van der Waals surface area contributed by atoms with E-state index in [1.54, 1.807) is 31.2 Å². The van der Waals surface area contributed by atoms with Crippen LogP contribution in [0.3, 0.4) is 0 Å². The molecule has 1 aliphatic rings. The standard InChI is InChI=1S/C13H12BrN3O4/c1-2-16-11(19)12(20)17(13(16)21)7-10(18)15-9-5-3-4-8(14)6-9/h3-6H,2,7H2,1H3,(H,15,18). The number of nitrogens with zero attached hydrogens (tertiary/aromatic N) is 2. The summed E-state index contributed by atoms with van der Waals surface area (Å²) in [5.74, 6) is -2.44. The number of hydrogen-bond acceptors (Lipinski definition) is 4. The van der Waals surface area contributed by atoms with Crippen molar-refractivity contribution in [2.45, 2.75) is 6.92 Å². The summed E-state index contributed by atoms with van der Waals surface area (Å²) in [5.41, 5.74) is 0.521. The quantitative estimate of drug-likeness (QED) is 0.650. The fourth-order valence-electron chi connectivity index (χ4n) is 1.88.